The lowest BCUT2D eigenvalue weighted by molar-refractivity contribution is -0.122. The van der Waals surface area contributed by atoms with Gasteiger partial charge in [-0.1, -0.05) is 17.7 Å². The molecule has 0 atom stereocenters. The number of hydrogen-bond donors (Lipinski definition) is 2. The Kier molecular flexibility index (Phi) is 5.11. The highest BCUT2D eigenvalue weighted by Crippen LogP contribution is 2.10. The first-order valence-corrected chi connectivity index (χ1v) is 6.89. The van der Waals surface area contributed by atoms with E-state index in [-0.39, 0.29) is 13.2 Å². The van der Waals surface area contributed by atoms with E-state index in [1.54, 1.807) is 12.1 Å². The first kappa shape index (κ1) is 14.5. The molecule has 0 spiro atoms. The van der Waals surface area contributed by atoms with Gasteiger partial charge < -0.3 is 10.1 Å². The number of benzene rings is 1. The zero-order chi connectivity index (χ0) is 13.6. The molecule has 1 amide bonds. The van der Waals surface area contributed by atoms with E-state index in [4.69, 9.17) is 9.29 Å². The Bertz CT molecular complexity index is 495. The van der Waals surface area contributed by atoms with Gasteiger partial charge in [0.2, 0.25) is 0 Å². The van der Waals surface area contributed by atoms with Gasteiger partial charge in [0.25, 0.3) is 16.0 Å². The molecule has 6 nitrogen and oxygen atoms in total. The van der Waals surface area contributed by atoms with Gasteiger partial charge in [0.1, 0.15) is 5.75 Å². The van der Waals surface area contributed by atoms with Crippen molar-refractivity contribution in [3.8, 4) is 5.75 Å². The maximum atomic E-state index is 11.3. The van der Waals surface area contributed by atoms with E-state index in [0.29, 0.717) is 5.75 Å². The second kappa shape index (κ2) is 6.36. The number of nitrogens with one attached hydrogen (secondary N) is 1. The molecule has 0 radical (unpaired) electrons. The third kappa shape index (κ3) is 6.21. The van der Waals surface area contributed by atoms with Gasteiger partial charge in [0.15, 0.2) is 6.61 Å². The summed E-state index contributed by atoms with van der Waals surface area (Å²) in [5.41, 5.74) is 1.08. The molecule has 0 aliphatic heterocycles. The van der Waals surface area contributed by atoms with Gasteiger partial charge in [-0.25, -0.2) is 0 Å². The minimum Gasteiger partial charge on any atom is -0.484 e. The van der Waals surface area contributed by atoms with Crippen LogP contribution in [0, 0.1) is 6.92 Å². The van der Waals surface area contributed by atoms with Crippen molar-refractivity contribution in [2.75, 3.05) is 18.9 Å². The van der Waals surface area contributed by atoms with Crippen LogP contribution in [0.2, 0.25) is 0 Å². The molecule has 0 fully saturated rings. The second-order valence-corrected chi connectivity index (χ2v) is 5.31. The van der Waals surface area contributed by atoms with Gasteiger partial charge in [-0.15, -0.1) is 0 Å². The number of aryl methyl sites for hydroxylation is 1. The Hall–Kier alpha value is -1.60. The summed E-state index contributed by atoms with van der Waals surface area (Å²) in [6.45, 7) is 1.59. The van der Waals surface area contributed by atoms with E-state index in [1.807, 2.05) is 19.1 Å². The molecule has 0 aromatic heterocycles. The van der Waals surface area contributed by atoms with Gasteiger partial charge >= 0.3 is 0 Å². The predicted molar refractivity (Wildman–Crippen MR) is 66.1 cm³/mol. The van der Waals surface area contributed by atoms with Crippen LogP contribution in [0.4, 0.5) is 0 Å². The average Bonchev–Trinajstić information content (AvgIpc) is 2.26. The summed E-state index contributed by atoms with van der Waals surface area (Å²) in [5, 5.41) is 2.32. The number of ether oxygens (including phenoxy) is 1. The van der Waals surface area contributed by atoms with Gasteiger partial charge in [-0.05, 0) is 19.1 Å². The second-order valence-electron chi connectivity index (χ2n) is 3.74. The number of hydrogen-bond acceptors (Lipinski definition) is 4. The first-order chi connectivity index (χ1) is 8.37. The number of amides is 1. The molecule has 18 heavy (non-hydrogen) atoms. The van der Waals surface area contributed by atoms with Crippen LogP contribution in [0.3, 0.4) is 0 Å². The van der Waals surface area contributed by atoms with Crippen LogP contribution in [-0.2, 0) is 14.9 Å². The summed E-state index contributed by atoms with van der Waals surface area (Å²) in [7, 11) is -4.05. The highest BCUT2D eigenvalue weighted by molar-refractivity contribution is 7.85. The Morgan fingerprint density at radius 3 is 2.50 bits per heavy atom. The summed E-state index contributed by atoms with van der Waals surface area (Å²) in [5.74, 6) is -0.395. The topological polar surface area (TPSA) is 92.7 Å². The van der Waals surface area contributed by atoms with E-state index >= 15 is 0 Å². The summed E-state index contributed by atoms with van der Waals surface area (Å²) in [6, 6.07) is 7.18. The monoisotopic (exact) mass is 273 g/mol. The van der Waals surface area contributed by atoms with E-state index in [2.05, 4.69) is 5.32 Å². The summed E-state index contributed by atoms with van der Waals surface area (Å²) >= 11 is 0. The average molecular weight is 273 g/mol. The predicted octanol–water partition coefficient (Wildman–Crippen LogP) is 0.378. The van der Waals surface area contributed by atoms with Gasteiger partial charge in [-0.3, -0.25) is 9.35 Å². The smallest absolute Gasteiger partial charge is 0.266 e. The molecule has 0 aliphatic rings. The molecule has 0 saturated carbocycles. The number of rotatable bonds is 6. The quantitative estimate of drug-likeness (QED) is 0.731. The van der Waals surface area contributed by atoms with Crippen molar-refractivity contribution >= 4 is 16.0 Å². The zero-order valence-corrected chi connectivity index (χ0v) is 10.7. The maximum absolute atomic E-state index is 11.3. The van der Waals surface area contributed by atoms with Crippen molar-refractivity contribution in [2.45, 2.75) is 6.92 Å². The molecule has 1 aromatic carbocycles. The lowest BCUT2D eigenvalue weighted by Crippen LogP contribution is -2.32. The minimum absolute atomic E-state index is 0.144. The van der Waals surface area contributed by atoms with Crippen LogP contribution in [0.1, 0.15) is 5.56 Å². The highest BCUT2D eigenvalue weighted by atomic mass is 32.2. The summed E-state index contributed by atoms with van der Waals surface area (Å²) in [4.78, 5) is 11.3. The Morgan fingerprint density at radius 1 is 1.33 bits per heavy atom. The third-order valence-corrected chi connectivity index (χ3v) is 2.79. The van der Waals surface area contributed by atoms with Crippen LogP contribution < -0.4 is 10.1 Å². The molecule has 7 heteroatoms. The molecule has 1 rings (SSSR count). The molecular weight excluding hydrogens is 258 g/mol. The molecule has 0 unspecified atom stereocenters. The maximum Gasteiger partial charge on any atom is 0.266 e. The van der Waals surface area contributed by atoms with Crippen molar-refractivity contribution in [3.05, 3.63) is 29.8 Å². The fraction of sp³-hybridized carbons (Fsp3) is 0.364. The normalized spacial score (nSPS) is 11.0. The molecule has 0 aliphatic carbocycles. The van der Waals surface area contributed by atoms with Gasteiger partial charge in [0.05, 0.1) is 5.75 Å². The van der Waals surface area contributed by atoms with Gasteiger partial charge in [-0.2, -0.15) is 8.42 Å². The zero-order valence-electron chi connectivity index (χ0n) is 9.92. The Labute approximate surface area is 106 Å². The molecule has 0 bridgehead atoms. The molecular formula is C11H15NO5S. The fourth-order valence-corrected chi connectivity index (χ4v) is 1.51. The summed E-state index contributed by atoms with van der Waals surface area (Å²) < 4.78 is 34.4. The standard InChI is InChI=1S/C11H15NO5S/c1-9-2-4-10(5-3-9)17-8-11(13)12-6-7-18(14,15)16/h2-5H,6-8H2,1H3,(H,12,13)(H,14,15,16). The number of carbonyl (C=O) groups is 1. The Balaban J connectivity index is 2.27. The van der Waals surface area contributed by atoms with Crippen LogP contribution in [0.5, 0.6) is 5.75 Å². The molecule has 100 valence electrons. The SMILES string of the molecule is Cc1ccc(OCC(=O)NCCS(=O)(=O)O)cc1. The molecule has 1 aromatic rings. The molecule has 0 saturated heterocycles. The highest BCUT2D eigenvalue weighted by Gasteiger charge is 2.06. The molecule has 2 N–H and O–H groups in total. The van der Waals surface area contributed by atoms with E-state index < -0.39 is 21.8 Å². The van der Waals surface area contributed by atoms with Crippen molar-refractivity contribution in [1.82, 2.24) is 5.32 Å². The van der Waals surface area contributed by atoms with Crippen molar-refractivity contribution in [1.29, 1.82) is 0 Å². The number of carbonyl (C=O) groups excluding carboxylic acids is 1. The van der Waals surface area contributed by atoms with Crippen molar-refractivity contribution < 1.29 is 22.5 Å². The van der Waals surface area contributed by atoms with Crippen molar-refractivity contribution in [2.24, 2.45) is 0 Å². The van der Waals surface area contributed by atoms with E-state index in [9.17, 15) is 13.2 Å². The lowest BCUT2D eigenvalue weighted by atomic mass is 10.2. The van der Waals surface area contributed by atoms with Crippen LogP contribution >= 0.6 is 0 Å². The lowest BCUT2D eigenvalue weighted by Gasteiger charge is -2.07. The van der Waals surface area contributed by atoms with E-state index in [1.165, 1.54) is 0 Å². The van der Waals surface area contributed by atoms with Gasteiger partial charge in [0, 0.05) is 6.54 Å². The minimum atomic E-state index is -4.05. The van der Waals surface area contributed by atoms with Crippen molar-refractivity contribution in [3.63, 3.8) is 0 Å². The summed E-state index contributed by atoms with van der Waals surface area (Å²) in [6.07, 6.45) is 0. The Morgan fingerprint density at radius 2 is 1.94 bits per heavy atom. The largest absolute Gasteiger partial charge is 0.484 e. The third-order valence-electron chi connectivity index (χ3n) is 2.07. The van der Waals surface area contributed by atoms with Crippen LogP contribution in [-0.4, -0.2) is 37.8 Å². The van der Waals surface area contributed by atoms with Crippen LogP contribution in [0.15, 0.2) is 24.3 Å². The van der Waals surface area contributed by atoms with E-state index in [0.717, 1.165) is 5.56 Å². The fourth-order valence-electron chi connectivity index (χ4n) is 1.15. The van der Waals surface area contributed by atoms with Crippen LogP contribution in [0.25, 0.3) is 0 Å². The molecule has 0 heterocycles. The first-order valence-electron chi connectivity index (χ1n) is 5.28.